The first-order valence-corrected chi connectivity index (χ1v) is 10.6. The molecule has 1 aliphatic heterocycles. The Labute approximate surface area is 193 Å². The molecule has 0 radical (unpaired) electrons. The number of guanidine groups is 1. The van der Waals surface area contributed by atoms with Crippen LogP contribution in [0.15, 0.2) is 29.3 Å². The summed E-state index contributed by atoms with van der Waals surface area (Å²) in [6, 6.07) is 8.23. The number of aliphatic imine (C=N–C) groups is 1. The summed E-state index contributed by atoms with van der Waals surface area (Å²) in [4.78, 5) is 4.67. The first kappa shape index (κ1) is 26.0. The molecule has 2 rings (SSSR count). The number of aryl methyl sites for hydroxylation is 1. The topological polar surface area (TPSA) is 64.1 Å². The van der Waals surface area contributed by atoms with Gasteiger partial charge in [0.15, 0.2) is 5.96 Å². The fourth-order valence-electron chi connectivity index (χ4n) is 3.19. The fourth-order valence-corrected chi connectivity index (χ4v) is 3.19. The quantitative estimate of drug-likeness (QED) is 0.191. The van der Waals surface area contributed by atoms with Crippen LogP contribution in [0, 0.1) is 5.92 Å². The second-order valence-electron chi connectivity index (χ2n) is 7.13. The summed E-state index contributed by atoms with van der Waals surface area (Å²) in [5.41, 5.74) is 1.29. The molecule has 0 spiro atoms. The van der Waals surface area contributed by atoms with Crippen LogP contribution in [0.1, 0.15) is 38.2 Å². The summed E-state index contributed by atoms with van der Waals surface area (Å²) >= 11 is 0. The molecule has 0 saturated carbocycles. The zero-order chi connectivity index (χ0) is 19.9. The third kappa shape index (κ3) is 11.6. The van der Waals surface area contributed by atoms with E-state index in [0.29, 0.717) is 5.92 Å². The molecule has 6 nitrogen and oxygen atoms in total. The average molecular weight is 519 g/mol. The number of ether oxygens (including phenoxy) is 3. The summed E-state index contributed by atoms with van der Waals surface area (Å²) in [5.74, 6) is 2.47. The van der Waals surface area contributed by atoms with Gasteiger partial charge in [0.25, 0.3) is 0 Å². The molecule has 0 bridgehead atoms. The molecule has 1 heterocycles. The Balaban J connectivity index is 0.00000420. The van der Waals surface area contributed by atoms with Crippen molar-refractivity contribution in [3.63, 3.8) is 0 Å². The number of hydrogen-bond donors (Lipinski definition) is 2. The van der Waals surface area contributed by atoms with E-state index in [1.54, 1.807) is 7.11 Å². The molecule has 166 valence electrons. The summed E-state index contributed by atoms with van der Waals surface area (Å²) in [6.45, 7) is 8.04. The molecule has 1 fully saturated rings. The number of halogens is 1. The lowest BCUT2D eigenvalue weighted by Gasteiger charge is -2.21. The lowest BCUT2D eigenvalue weighted by Crippen LogP contribution is -2.38. The van der Waals surface area contributed by atoms with E-state index in [2.05, 4.69) is 34.7 Å². The highest BCUT2D eigenvalue weighted by Gasteiger charge is 2.13. The van der Waals surface area contributed by atoms with Crippen LogP contribution in [-0.2, 0) is 15.9 Å². The Morgan fingerprint density at radius 3 is 2.79 bits per heavy atom. The molecule has 7 heteroatoms. The molecule has 1 aromatic rings. The molecule has 1 aromatic carbocycles. The largest absolute Gasteiger partial charge is 0.497 e. The maximum atomic E-state index is 5.82. The zero-order valence-corrected chi connectivity index (χ0v) is 20.3. The van der Waals surface area contributed by atoms with Gasteiger partial charge in [-0.25, -0.2) is 0 Å². The van der Waals surface area contributed by atoms with Gasteiger partial charge in [-0.15, -0.1) is 24.0 Å². The third-order valence-electron chi connectivity index (χ3n) is 4.82. The molecule has 1 aliphatic rings. The minimum absolute atomic E-state index is 0. The zero-order valence-electron chi connectivity index (χ0n) is 18.0. The first-order valence-electron chi connectivity index (χ1n) is 10.6. The van der Waals surface area contributed by atoms with E-state index in [0.717, 1.165) is 89.9 Å². The molecule has 29 heavy (non-hydrogen) atoms. The maximum Gasteiger partial charge on any atom is 0.191 e. The van der Waals surface area contributed by atoms with E-state index < -0.39 is 0 Å². The van der Waals surface area contributed by atoms with Crippen LogP contribution in [0.3, 0.4) is 0 Å². The van der Waals surface area contributed by atoms with E-state index in [1.807, 2.05) is 12.1 Å². The van der Waals surface area contributed by atoms with Crippen LogP contribution in [0.2, 0.25) is 0 Å². The van der Waals surface area contributed by atoms with Gasteiger partial charge in [-0.2, -0.15) is 0 Å². The first-order chi connectivity index (χ1) is 13.8. The second kappa shape index (κ2) is 16.7. The lowest BCUT2D eigenvalue weighted by molar-refractivity contribution is 0.0203. The fraction of sp³-hybridized carbons (Fsp3) is 0.682. The van der Waals surface area contributed by atoms with Gasteiger partial charge in [0.2, 0.25) is 0 Å². The Kier molecular flexibility index (Phi) is 15.0. The number of benzene rings is 1. The van der Waals surface area contributed by atoms with E-state index >= 15 is 0 Å². The van der Waals surface area contributed by atoms with Crippen molar-refractivity contribution in [3.05, 3.63) is 29.8 Å². The Bertz CT molecular complexity index is 566. The molecule has 0 aliphatic carbocycles. The maximum absolute atomic E-state index is 5.82. The molecule has 0 unspecified atom stereocenters. The van der Waals surface area contributed by atoms with Crippen LogP contribution < -0.4 is 15.4 Å². The second-order valence-corrected chi connectivity index (χ2v) is 7.13. The van der Waals surface area contributed by atoms with Crippen LogP contribution in [0.5, 0.6) is 5.75 Å². The van der Waals surface area contributed by atoms with Crippen molar-refractivity contribution in [1.29, 1.82) is 0 Å². The lowest BCUT2D eigenvalue weighted by atomic mass is 10.0. The van der Waals surface area contributed by atoms with Gasteiger partial charge in [0, 0.05) is 46.1 Å². The van der Waals surface area contributed by atoms with Crippen LogP contribution in [0.4, 0.5) is 0 Å². The number of nitrogens with one attached hydrogen (secondary N) is 2. The predicted molar refractivity (Wildman–Crippen MR) is 130 cm³/mol. The van der Waals surface area contributed by atoms with Gasteiger partial charge in [0.1, 0.15) is 5.75 Å². The van der Waals surface area contributed by atoms with Crippen molar-refractivity contribution in [2.24, 2.45) is 10.9 Å². The Morgan fingerprint density at radius 1 is 1.21 bits per heavy atom. The van der Waals surface area contributed by atoms with Crippen molar-refractivity contribution < 1.29 is 14.2 Å². The predicted octanol–water partition coefficient (Wildman–Crippen LogP) is 3.63. The van der Waals surface area contributed by atoms with Crippen molar-refractivity contribution in [2.75, 3.05) is 53.2 Å². The highest BCUT2D eigenvalue weighted by atomic mass is 127. The third-order valence-corrected chi connectivity index (χ3v) is 4.82. The summed E-state index contributed by atoms with van der Waals surface area (Å²) in [6.07, 6.45) is 5.26. The molecule has 0 aromatic heterocycles. The van der Waals surface area contributed by atoms with Gasteiger partial charge in [-0.05, 0) is 62.6 Å². The SMILES string of the molecule is CCNC(=NCCCc1cccc(OC)c1)NCCCOCC1CCOCC1.I. The minimum Gasteiger partial charge on any atom is -0.497 e. The van der Waals surface area contributed by atoms with E-state index in [9.17, 15) is 0 Å². The normalized spacial score (nSPS) is 14.9. The Hall–Kier alpha value is -1.06. The van der Waals surface area contributed by atoms with Crippen molar-refractivity contribution in [2.45, 2.75) is 39.0 Å². The van der Waals surface area contributed by atoms with Crippen molar-refractivity contribution >= 4 is 29.9 Å². The standard InChI is InChI=1S/C22H37N3O3.HI/c1-3-23-22(24-12-5-8-19-7-4-9-21(17-19)26-2)25-13-6-14-28-18-20-10-15-27-16-11-20;/h4,7,9,17,20H,3,5-6,8,10-16,18H2,1-2H3,(H2,23,24,25);1H. The number of methoxy groups -OCH3 is 1. The van der Waals surface area contributed by atoms with Crippen LogP contribution in [-0.4, -0.2) is 59.1 Å². The van der Waals surface area contributed by atoms with Gasteiger partial charge in [0.05, 0.1) is 7.11 Å². The number of nitrogens with zero attached hydrogens (tertiary/aromatic N) is 1. The summed E-state index contributed by atoms with van der Waals surface area (Å²) < 4.78 is 16.5. The summed E-state index contributed by atoms with van der Waals surface area (Å²) in [5, 5.41) is 6.70. The molecule has 1 saturated heterocycles. The summed E-state index contributed by atoms with van der Waals surface area (Å²) in [7, 11) is 1.70. The van der Waals surface area contributed by atoms with Crippen LogP contribution >= 0.6 is 24.0 Å². The van der Waals surface area contributed by atoms with Crippen molar-refractivity contribution in [3.8, 4) is 5.75 Å². The van der Waals surface area contributed by atoms with Crippen LogP contribution in [0.25, 0.3) is 0 Å². The Morgan fingerprint density at radius 2 is 2.03 bits per heavy atom. The molecule has 0 atom stereocenters. The van der Waals surface area contributed by atoms with Gasteiger partial charge < -0.3 is 24.8 Å². The monoisotopic (exact) mass is 519 g/mol. The minimum atomic E-state index is 0. The van der Waals surface area contributed by atoms with Crippen molar-refractivity contribution in [1.82, 2.24) is 10.6 Å². The van der Waals surface area contributed by atoms with E-state index in [1.165, 1.54) is 5.56 Å². The molecule has 2 N–H and O–H groups in total. The average Bonchev–Trinajstić information content (AvgIpc) is 2.74. The molecular formula is C22H38IN3O3. The van der Waals surface area contributed by atoms with Gasteiger partial charge in [-0.3, -0.25) is 4.99 Å². The smallest absolute Gasteiger partial charge is 0.191 e. The number of hydrogen-bond acceptors (Lipinski definition) is 4. The van der Waals surface area contributed by atoms with Gasteiger partial charge in [-0.1, -0.05) is 12.1 Å². The van der Waals surface area contributed by atoms with Gasteiger partial charge >= 0.3 is 0 Å². The van der Waals surface area contributed by atoms with E-state index in [-0.39, 0.29) is 24.0 Å². The molecular weight excluding hydrogens is 481 g/mol. The molecule has 0 amide bonds. The highest BCUT2D eigenvalue weighted by Crippen LogP contribution is 2.15. The van der Waals surface area contributed by atoms with E-state index in [4.69, 9.17) is 14.2 Å². The highest BCUT2D eigenvalue weighted by molar-refractivity contribution is 14.0. The number of rotatable bonds is 12.